The summed E-state index contributed by atoms with van der Waals surface area (Å²) in [6, 6.07) is 16.7. The molecule has 0 saturated carbocycles. The summed E-state index contributed by atoms with van der Waals surface area (Å²) >= 11 is 0. The summed E-state index contributed by atoms with van der Waals surface area (Å²) in [6.45, 7) is 5.17. The van der Waals surface area contributed by atoms with Gasteiger partial charge in [-0.2, -0.15) is 0 Å². The van der Waals surface area contributed by atoms with E-state index in [2.05, 4.69) is 65.6 Å². The number of halogens is 1. The van der Waals surface area contributed by atoms with Crippen molar-refractivity contribution in [1.29, 1.82) is 0 Å². The van der Waals surface area contributed by atoms with Gasteiger partial charge in [0.25, 0.3) is 0 Å². The van der Waals surface area contributed by atoms with Gasteiger partial charge in [-0.3, -0.25) is 9.79 Å². The highest BCUT2D eigenvalue weighted by Gasteiger charge is 2.21. The second-order valence-corrected chi connectivity index (χ2v) is 7.37. The molecule has 1 aliphatic rings. The first-order chi connectivity index (χ1) is 13.6. The number of carbonyl (C=O) groups excluding carboxylic acids is 1. The largest absolute Gasteiger partial charge is 0.352 e. The zero-order valence-corrected chi connectivity index (χ0v) is 19.8. The number of rotatable bonds is 6. The Morgan fingerprint density at radius 2 is 1.76 bits per heavy atom. The van der Waals surface area contributed by atoms with Crippen LogP contribution in [0.15, 0.2) is 53.5 Å². The molecule has 1 heterocycles. The molecule has 0 aromatic heterocycles. The molecule has 0 bridgehead atoms. The van der Waals surface area contributed by atoms with Crippen LogP contribution in [0.5, 0.6) is 0 Å². The number of likely N-dealkylation sites (tertiary alicyclic amines) is 1. The predicted molar refractivity (Wildman–Crippen MR) is 129 cm³/mol. The lowest BCUT2D eigenvalue weighted by Crippen LogP contribution is -2.38. The smallest absolute Gasteiger partial charge is 0.222 e. The minimum absolute atomic E-state index is 0. The van der Waals surface area contributed by atoms with Crippen LogP contribution in [-0.4, -0.2) is 42.3 Å². The van der Waals surface area contributed by atoms with Gasteiger partial charge in [0.05, 0.1) is 0 Å². The molecule has 1 saturated heterocycles. The van der Waals surface area contributed by atoms with Crippen LogP contribution in [0, 0.1) is 6.92 Å². The van der Waals surface area contributed by atoms with Gasteiger partial charge in [0.2, 0.25) is 5.91 Å². The van der Waals surface area contributed by atoms with Crippen molar-refractivity contribution in [3.63, 3.8) is 0 Å². The van der Waals surface area contributed by atoms with E-state index in [9.17, 15) is 4.79 Å². The molecule has 156 valence electrons. The molecule has 0 spiro atoms. The maximum Gasteiger partial charge on any atom is 0.222 e. The normalized spacial score (nSPS) is 14.0. The van der Waals surface area contributed by atoms with Crippen LogP contribution < -0.4 is 5.32 Å². The molecule has 0 radical (unpaired) electrons. The van der Waals surface area contributed by atoms with Gasteiger partial charge in [-0.05, 0) is 35.6 Å². The average molecular weight is 506 g/mol. The molecule has 3 rings (SSSR count). The number of aliphatic imine (C=N–C) groups is 1. The Labute approximate surface area is 191 Å². The Balaban J connectivity index is 0.00000300. The molecule has 0 unspecified atom stereocenters. The van der Waals surface area contributed by atoms with Crippen molar-refractivity contribution in [2.75, 3.05) is 20.6 Å². The van der Waals surface area contributed by atoms with Gasteiger partial charge in [0.15, 0.2) is 5.96 Å². The summed E-state index contributed by atoms with van der Waals surface area (Å²) in [5.41, 5.74) is 4.97. The fraction of sp³-hybridized carbons (Fsp3) is 0.391. The summed E-state index contributed by atoms with van der Waals surface area (Å²) in [4.78, 5) is 20.5. The highest BCUT2D eigenvalue weighted by atomic mass is 127. The Kier molecular flexibility index (Phi) is 8.95. The molecular formula is C23H31IN4O. The molecule has 1 fully saturated rings. The summed E-state index contributed by atoms with van der Waals surface area (Å²) < 4.78 is 0. The van der Waals surface area contributed by atoms with Crippen molar-refractivity contribution in [3.8, 4) is 0 Å². The van der Waals surface area contributed by atoms with Crippen molar-refractivity contribution >= 4 is 35.8 Å². The second kappa shape index (κ2) is 11.2. The molecule has 1 amide bonds. The van der Waals surface area contributed by atoms with E-state index in [1.165, 1.54) is 22.3 Å². The van der Waals surface area contributed by atoms with E-state index in [0.717, 1.165) is 25.5 Å². The van der Waals surface area contributed by atoms with E-state index in [1.54, 1.807) is 0 Å². The van der Waals surface area contributed by atoms with Crippen LogP contribution in [0.1, 0.15) is 35.1 Å². The van der Waals surface area contributed by atoms with Crippen molar-refractivity contribution < 1.29 is 4.79 Å². The molecule has 1 N–H and O–H groups in total. The fourth-order valence-corrected chi connectivity index (χ4v) is 3.64. The number of carbonyl (C=O) groups is 1. The highest BCUT2D eigenvalue weighted by molar-refractivity contribution is 14.0. The van der Waals surface area contributed by atoms with E-state index in [-0.39, 0.29) is 29.9 Å². The van der Waals surface area contributed by atoms with E-state index >= 15 is 0 Å². The van der Waals surface area contributed by atoms with Gasteiger partial charge in [-0.1, -0.05) is 48.5 Å². The van der Waals surface area contributed by atoms with Crippen molar-refractivity contribution in [1.82, 2.24) is 15.1 Å². The van der Waals surface area contributed by atoms with E-state index in [0.29, 0.717) is 19.5 Å². The summed E-state index contributed by atoms with van der Waals surface area (Å²) in [5, 5.41) is 3.47. The number of nitrogens with zero attached hydrogens (tertiary/aromatic N) is 3. The zero-order valence-electron chi connectivity index (χ0n) is 17.5. The average Bonchev–Trinajstić information content (AvgIpc) is 3.10. The van der Waals surface area contributed by atoms with Crippen LogP contribution in [-0.2, 0) is 24.4 Å². The van der Waals surface area contributed by atoms with Gasteiger partial charge < -0.3 is 15.1 Å². The Hall–Kier alpha value is -2.09. The SMILES string of the molecule is CN=C(NCc1ccccc1CN1CCCC1=O)N(C)Cc1ccccc1C.I. The first kappa shape index (κ1) is 23.2. The van der Waals surface area contributed by atoms with Crippen molar-refractivity contribution in [2.45, 2.75) is 39.4 Å². The van der Waals surface area contributed by atoms with E-state index in [1.807, 2.05) is 24.1 Å². The minimum atomic E-state index is 0. The molecule has 6 heteroatoms. The molecule has 2 aromatic rings. The highest BCUT2D eigenvalue weighted by Crippen LogP contribution is 2.17. The Bertz CT molecular complexity index is 852. The van der Waals surface area contributed by atoms with Gasteiger partial charge >= 0.3 is 0 Å². The van der Waals surface area contributed by atoms with Crippen LogP contribution in [0.3, 0.4) is 0 Å². The topological polar surface area (TPSA) is 47.9 Å². The first-order valence-corrected chi connectivity index (χ1v) is 9.89. The number of benzene rings is 2. The third kappa shape index (κ3) is 6.19. The van der Waals surface area contributed by atoms with Crippen molar-refractivity contribution in [3.05, 3.63) is 70.8 Å². The summed E-state index contributed by atoms with van der Waals surface area (Å²) in [7, 11) is 3.86. The zero-order chi connectivity index (χ0) is 19.9. The minimum Gasteiger partial charge on any atom is -0.352 e. The molecule has 2 aromatic carbocycles. The number of hydrogen-bond donors (Lipinski definition) is 1. The maximum atomic E-state index is 12.0. The summed E-state index contributed by atoms with van der Waals surface area (Å²) in [6.07, 6.45) is 1.65. The number of guanidine groups is 1. The van der Waals surface area contributed by atoms with Gasteiger partial charge in [-0.25, -0.2) is 0 Å². The van der Waals surface area contributed by atoms with Gasteiger partial charge in [-0.15, -0.1) is 24.0 Å². The Morgan fingerprint density at radius 1 is 1.10 bits per heavy atom. The Morgan fingerprint density at radius 3 is 2.38 bits per heavy atom. The quantitative estimate of drug-likeness (QED) is 0.367. The lowest BCUT2D eigenvalue weighted by molar-refractivity contribution is -0.128. The fourth-order valence-electron chi connectivity index (χ4n) is 3.64. The van der Waals surface area contributed by atoms with Crippen LogP contribution in [0.25, 0.3) is 0 Å². The number of hydrogen-bond acceptors (Lipinski definition) is 2. The number of amides is 1. The lowest BCUT2D eigenvalue weighted by Gasteiger charge is -2.24. The van der Waals surface area contributed by atoms with Gasteiger partial charge in [0, 0.05) is 46.7 Å². The standard InChI is InChI=1S/C23H30N4O.HI/c1-18-9-4-5-11-20(18)16-26(3)23(24-2)25-15-19-10-6-7-12-21(19)17-27-14-8-13-22(27)28;/h4-7,9-12H,8,13-17H2,1-3H3,(H,24,25);1H. The maximum absolute atomic E-state index is 12.0. The first-order valence-electron chi connectivity index (χ1n) is 9.89. The molecule has 0 aliphatic carbocycles. The second-order valence-electron chi connectivity index (χ2n) is 7.37. The molecule has 5 nitrogen and oxygen atoms in total. The molecule has 29 heavy (non-hydrogen) atoms. The van der Waals surface area contributed by atoms with E-state index < -0.39 is 0 Å². The summed E-state index contributed by atoms with van der Waals surface area (Å²) in [5.74, 6) is 1.12. The third-order valence-corrected chi connectivity index (χ3v) is 5.33. The predicted octanol–water partition coefficient (Wildman–Crippen LogP) is 3.94. The van der Waals surface area contributed by atoms with Crippen LogP contribution in [0.4, 0.5) is 0 Å². The van der Waals surface area contributed by atoms with E-state index in [4.69, 9.17) is 0 Å². The van der Waals surface area contributed by atoms with Gasteiger partial charge in [0.1, 0.15) is 0 Å². The molecule has 1 aliphatic heterocycles. The van der Waals surface area contributed by atoms with Crippen LogP contribution >= 0.6 is 24.0 Å². The number of aryl methyl sites for hydroxylation is 1. The molecule has 0 atom stereocenters. The monoisotopic (exact) mass is 506 g/mol. The lowest BCUT2D eigenvalue weighted by atomic mass is 10.1. The third-order valence-electron chi connectivity index (χ3n) is 5.33. The van der Waals surface area contributed by atoms with Crippen molar-refractivity contribution in [2.24, 2.45) is 4.99 Å². The molecular weight excluding hydrogens is 475 g/mol. The number of nitrogens with one attached hydrogen (secondary N) is 1. The van der Waals surface area contributed by atoms with Crippen LogP contribution in [0.2, 0.25) is 0 Å².